The van der Waals surface area contributed by atoms with E-state index in [-0.39, 0.29) is 6.04 Å². The highest BCUT2D eigenvalue weighted by molar-refractivity contribution is 7.79. The summed E-state index contributed by atoms with van der Waals surface area (Å²) in [6.07, 6.45) is 0.639. The molecule has 1 aliphatic heterocycles. The minimum Gasteiger partial charge on any atom is -0.311 e. The van der Waals surface area contributed by atoms with Crippen molar-refractivity contribution in [3.8, 4) is 0 Å². The predicted molar refractivity (Wildman–Crippen MR) is 127 cm³/mol. The van der Waals surface area contributed by atoms with Gasteiger partial charge in [-0.3, -0.25) is 4.84 Å². The van der Waals surface area contributed by atoms with E-state index in [1.165, 1.54) is 0 Å². The van der Waals surface area contributed by atoms with Crippen molar-refractivity contribution in [2.75, 3.05) is 5.06 Å². The zero-order valence-corrected chi connectivity index (χ0v) is 18.0. The Kier molecular flexibility index (Phi) is 5.46. The average molecular weight is 425 g/mol. The van der Waals surface area contributed by atoms with Gasteiger partial charge in [-0.1, -0.05) is 109 Å². The molecule has 31 heavy (non-hydrogen) atoms. The Morgan fingerprint density at radius 1 is 0.645 bits per heavy atom. The topological polar surface area (TPSA) is 29.5 Å². The first-order valence-electron chi connectivity index (χ1n) is 10.5. The maximum atomic E-state index is 14.8. The van der Waals surface area contributed by atoms with E-state index >= 15 is 0 Å². The van der Waals surface area contributed by atoms with Gasteiger partial charge < -0.3 is 4.57 Å². The van der Waals surface area contributed by atoms with Crippen LogP contribution in [0.1, 0.15) is 18.0 Å². The van der Waals surface area contributed by atoms with Crippen molar-refractivity contribution in [3.05, 3.63) is 127 Å². The Bertz CT molecular complexity index is 1080. The lowest BCUT2D eigenvalue weighted by atomic mass is 10.0. The van der Waals surface area contributed by atoms with Gasteiger partial charge in [0.05, 0.1) is 11.7 Å². The van der Waals surface area contributed by atoms with Crippen LogP contribution in [0.5, 0.6) is 0 Å². The van der Waals surface area contributed by atoms with Crippen LogP contribution in [0.15, 0.2) is 121 Å². The van der Waals surface area contributed by atoms with Gasteiger partial charge in [0.15, 0.2) is 7.14 Å². The quantitative estimate of drug-likeness (QED) is 0.372. The molecule has 4 heteroatoms. The lowest BCUT2D eigenvalue weighted by molar-refractivity contribution is 0.131. The van der Waals surface area contributed by atoms with Crippen LogP contribution >= 0.6 is 7.14 Å². The van der Waals surface area contributed by atoms with E-state index in [1.54, 1.807) is 0 Å². The number of benzene rings is 4. The highest BCUT2D eigenvalue weighted by Crippen LogP contribution is 2.56. The molecule has 0 amide bonds. The highest BCUT2D eigenvalue weighted by Gasteiger charge is 2.46. The van der Waals surface area contributed by atoms with E-state index < -0.39 is 13.0 Å². The molecule has 3 nitrogen and oxygen atoms in total. The van der Waals surface area contributed by atoms with E-state index in [9.17, 15) is 4.57 Å². The van der Waals surface area contributed by atoms with E-state index in [0.29, 0.717) is 6.42 Å². The Hall–Kier alpha value is -3.13. The predicted octanol–water partition coefficient (Wildman–Crippen LogP) is 5.91. The summed E-state index contributed by atoms with van der Waals surface area (Å²) in [4.78, 5) is 6.56. The van der Waals surface area contributed by atoms with E-state index in [4.69, 9.17) is 4.84 Å². The molecular weight excluding hydrogens is 401 g/mol. The number of hydroxylamine groups is 1. The normalized spacial score (nSPS) is 18.8. The second-order valence-electron chi connectivity index (χ2n) is 7.71. The molecule has 0 spiro atoms. The van der Waals surface area contributed by atoms with Gasteiger partial charge in [-0.15, -0.1) is 0 Å². The lowest BCUT2D eigenvalue weighted by Crippen LogP contribution is -2.27. The van der Waals surface area contributed by atoms with Crippen LogP contribution in [-0.4, -0.2) is 5.85 Å². The number of rotatable bonds is 5. The molecule has 154 valence electrons. The zero-order valence-electron chi connectivity index (χ0n) is 17.1. The molecule has 0 radical (unpaired) electrons. The molecule has 4 aromatic rings. The molecule has 1 saturated heterocycles. The third kappa shape index (κ3) is 3.72. The number of hydrogen-bond acceptors (Lipinski definition) is 3. The fourth-order valence-corrected chi connectivity index (χ4v) is 7.22. The molecule has 2 atom stereocenters. The van der Waals surface area contributed by atoms with Gasteiger partial charge in [-0.05, 0) is 17.7 Å². The summed E-state index contributed by atoms with van der Waals surface area (Å²) in [5.41, 5.74) is 2.12. The largest absolute Gasteiger partial charge is 0.311 e. The maximum Gasteiger partial charge on any atom is 0.173 e. The molecule has 0 N–H and O–H groups in total. The van der Waals surface area contributed by atoms with Crippen LogP contribution in [-0.2, 0) is 9.40 Å². The fraction of sp³-hybridized carbons (Fsp3) is 0.111. The lowest BCUT2D eigenvalue weighted by Gasteiger charge is -2.27. The van der Waals surface area contributed by atoms with Gasteiger partial charge >= 0.3 is 0 Å². The number of anilines is 1. The first-order valence-corrected chi connectivity index (χ1v) is 12.3. The number of hydrogen-bond donors (Lipinski definition) is 0. The van der Waals surface area contributed by atoms with Crippen molar-refractivity contribution < 1.29 is 9.40 Å². The van der Waals surface area contributed by atoms with E-state index in [0.717, 1.165) is 21.9 Å². The second kappa shape index (κ2) is 8.55. The fourth-order valence-electron chi connectivity index (χ4n) is 4.29. The van der Waals surface area contributed by atoms with Crippen molar-refractivity contribution in [1.82, 2.24) is 0 Å². The Morgan fingerprint density at radius 3 is 1.61 bits per heavy atom. The summed E-state index contributed by atoms with van der Waals surface area (Å²) in [5.74, 6) is -0.456. The summed E-state index contributed by atoms with van der Waals surface area (Å²) < 4.78 is 14.8. The van der Waals surface area contributed by atoms with Crippen molar-refractivity contribution in [2.24, 2.45) is 0 Å². The molecule has 5 rings (SSSR count). The maximum absolute atomic E-state index is 14.8. The minimum absolute atomic E-state index is 0.0191. The van der Waals surface area contributed by atoms with Crippen LogP contribution in [0, 0.1) is 0 Å². The van der Waals surface area contributed by atoms with E-state index in [2.05, 4.69) is 12.1 Å². The monoisotopic (exact) mass is 425 g/mol. The summed E-state index contributed by atoms with van der Waals surface area (Å²) in [5, 5.41) is 3.60. The third-order valence-corrected chi connectivity index (χ3v) is 9.07. The van der Waals surface area contributed by atoms with Crippen molar-refractivity contribution in [2.45, 2.75) is 18.3 Å². The van der Waals surface area contributed by atoms with Crippen LogP contribution in [0.3, 0.4) is 0 Å². The standard InChI is InChI=1S/C27H24NO2P/c29-31(24-17-9-3-10-18-24,25-19-11-4-12-20-25)27-21-26(22-13-5-1-6-14-22)28(30-27)23-15-7-2-8-16-23/h1-20,26-27H,21H2/t26-,27+/m0/s1. The van der Waals surface area contributed by atoms with Crippen LogP contribution in [0.2, 0.25) is 0 Å². The van der Waals surface area contributed by atoms with Gasteiger partial charge in [0.25, 0.3) is 0 Å². The van der Waals surface area contributed by atoms with Gasteiger partial charge in [-0.25, -0.2) is 5.06 Å². The average Bonchev–Trinajstić information content (AvgIpc) is 3.32. The second-order valence-corrected chi connectivity index (χ2v) is 10.6. The van der Waals surface area contributed by atoms with Crippen molar-refractivity contribution >= 4 is 23.4 Å². The van der Waals surface area contributed by atoms with Crippen molar-refractivity contribution in [1.29, 1.82) is 0 Å². The van der Waals surface area contributed by atoms with Gasteiger partial charge in [-0.2, -0.15) is 0 Å². The smallest absolute Gasteiger partial charge is 0.173 e. The molecule has 1 fully saturated rings. The molecule has 0 aliphatic carbocycles. The minimum atomic E-state index is -3.05. The van der Waals surface area contributed by atoms with Crippen LogP contribution in [0.4, 0.5) is 5.69 Å². The summed E-state index contributed by atoms with van der Waals surface area (Å²) in [6, 6.07) is 39.9. The molecule has 0 saturated carbocycles. The van der Waals surface area contributed by atoms with Crippen LogP contribution < -0.4 is 15.7 Å². The SMILES string of the molecule is O=P(c1ccccc1)(c1ccccc1)[C@@H]1C[C@@H](c2ccccc2)N(c2ccccc2)O1. The summed E-state index contributed by atoms with van der Waals surface area (Å²) in [6.45, 7) is 0. The van der Waals surface area contributed by atoms with E-state index in [1.807, 2.05) is 114 Å². The molecule has 4 aromatic carbocycles. The van der Waals surface area contributed by atoms with Crippen LogP contribution in [0.25, 0.3) is 0 Å². The first-order chi connectivity index (χ1) is 15.3. The molecule has 1 aliphatic rings. The van der Waals surface area contributed by atoms with Gasteiger partial charge in [0.2, 0.25) is 0 Å². The molecular formula is C27H24NO2P. The summed E-state index contributed by atoms with van der Waals surface area (Å²) >= 11 is 0. The number of nitrogens with zero attached hydrogens (tertiary/aromatic N) is 1. The molecule has 0 aromatic heterocycles. The Labute approximate surface area is 183 Å². The third-order valence-electron chi connectivity index (χ3n) is 5.82. The Morgan fingerprint density at radius 2 is 1.10 bits per heavy atom. The zero-order chi connectivity index (χ0) is 21.1. The van der Waals surface area contributed by atoms with Crippen molar-refractivity contribution in [3.63, 3.8) is 0 Å². The van der Waals surface area contributed by atoms with Gasteiger partial charge in [0, 0.05) is 17.0 Å². The summed E-state index contributed by atoms with van der Waals surface area (Å²) in [7, 11) is -3.05. The Balaban J connectivity index is 1.62. The molecule has 0 unspecified atom stereocenters. The molecule has 0 bridgehead atoms. The van der Waals surface area contributed by atoms with Gasteiger partial charge in [0.1, 0.15) is 5.85 Å². The number of para-hydroxylation sites is 1. The molecule has 1 heterocycles. The highest BCUT2D eigenvalue weighted by atomic mass is 31.2. The first kappa shape index (κ1) is 19.8.